The molecule has 0 fully saturated rings. The normalized spacial score (nSPS) is 12.5. The number of aliphatic hydroxyl groups excluding tert-OH is 1. The molecule has 0 rings (SSSR count). The fraction of sp³-hybridized carbons (Fsp3) is 0.875. The van der Waals surface area contributed by atoms with E-state index in [1.54, 1.807) is 0 Å². The van der Waals surface area contributed by atoms with E-state index in [1.165, 1.54) is 154 Å². The van der Waals surface area contributed by atoms with Crippen LogP contribution in [-0.2, 0) is 14.3 Å². The molecule has 44 heavy (non-hydrogen) atoms. The highest BCUT2D eigenvalue weighted by atomic mass is 16.6. The molecule has 1 N–H and O–H groups in total. The molecule has 260 valence electrons. The minimum absolute atomic E-state index is 0.172. The van der Waals surface area contributed by atoms with Crippen LogP contribution < -0.4 is 0 Å². The predicted molar refractivity (Wildman–Crippen MR) is 191 cm³/mol. The van der Waals surface area contributed by atoms with Gasteiger partial charge >= 0.3 is 5.97 Å². The highest BCUT2D eigenvalue weighted by Gasteiger charge is 2.13. The number of esters is 1. The highest BCUT2D eigenvalue weighted by molar-refractivity contribution is 5.69. The van der Waals surface area contributed by atoms with E-state index >= 15 is 0 Å². The molecular weight excluding hydrogens is 544 g/mol. The number of carbonyl (C=O) groups excluding carboxylic acids is 1. The molecule has 0 radical (unpaired) electrons. The van der Waals surface area contributed by atoms with Gasteiger partial charge in [-0.2, -0.15) is 0 Å². The van der Waals surface area contributed by atoms with Crippen LogP contribution in [0.3, 0.4) is 0 Å². The van der Waals surface area contributed by atoms with Crippen molar-refractivity contribution < 1.29 is 19.4 Å². The van der Waals surface area contributed by atoms with Gasteiger partial charge in [-0.15, -0.1) is 0 Å². The smallest absolute Gasteiger partial charge is 0.306 e. The van der Waals surface area contributed by atoms with Crippen molar-refractivity contribution in [3.05, 3.63) is 24.3 Å². The molecule has 0 heterocycles. The Labute approximate surface area is 275 Å². The summed E-state index contributed by atoms with van der Waals surface area (Å²) in [5, 5.41) is 9.56. The summed E-state index contributed by atoms with van der Waals surface area (Å²) in [7, 11) is 0. The summed E-state index contributed by atoms with van der Waals surface area (Å²) in [5.41, 5.74) is 0. The summed E-state index contributed by atoms with van der Waals surface area (Å²) in [5.74, 6) is -0.202. The number of rotatable bonds is 36. The van der Waals surface area contributed by atoms with Gasteiger partial charge in [0.05, 0.1) is 13.2 Å². The number of carbonyl (C=O) groups is 1. The third-order valence-corrected chi connectivity index (χ3v) is 8.53. The van der Waals surface area contributed by atoms with Crippen molar-refractivity contribution in [1.29, 1.82) is 0 Å². The highest BCUT2D eigenvalue weighted by Crippen LogP contribution is 2.15. The lowest BCUT2D eigenvalue weighted by molar-refractivity contribution is -0.154. The van der Waals surface area contributed by atoms with Gasteiger partial charge in [0.1, 0.15) is 6.10 Å². The molecule has 1 atom stereocenters. The van der Waals surface area contributed by atoms with Crippen molar-refractivity contribution in [2.24, 2.45) is 0 Å². The molecule has 0 bridgehead atoms. The SMILES string of the molecule is CCCC/C=C\C/C=C\CCCCCCCCOCC(CO)OC(=O)CCCCCCCCCCCCCCCCCCC. The maximum absolute atomic E-state index is 12.2. The van der Waals surface area contributed by atoms with Crippen LogP contribution in [0.5, 0.6) is 0 Å². The number of hydrogen-bond acceptors (Lipinski definition) is 4. The van der Waals surface area contributed by atoms with Gasteiger partial charge < -0.3 is 14.6 Å². The second-order valence-electron chi connectivity index (χ2n) is 13.0. The minimum Gasteiger partial charge on any atom is -0.457 e. The van der Waals surface area contributed by atoms with Crippen LogP contribution in [0, 0.1) is 0 Å². The molecule has 0 aliphatic carbocycles. The Bertz CT molecular complexity index is 614. The van der Waals surface area contributed by atoms with Crippen molar-refractivity contribution >= 4 is 5.97 Å². The van der Waals surface area contributed by atoms with E-state index in [0.29, 0.717) is 19.6 Å². The second-order valence-corrected chi connectivity index (χ2v) is 13.0. The Kier molecular flexibility index (Phi) is 37.1. The molecule has 0 amide bonds. The number of unbranched alkanes of at least 4 members (excludes halogenated alkanes) is 24. The Hall–Kier alpha value is -1.13. The molecule has 0 aromatic carbocycles. The maximum Gasteiger partial charge on any atom is 0.306 e. The molecular formula is C40H76O4. The Balaban J connectivity index is 3.42. The lowest BCUT2D eigenvalue weighted by Gasteiger charge is -2.15. The van der Waals surface area contributed by atoms with Crippen LogP contribution >= 0.6 is 0 Å². The van der Waals surface area contributed by atoms with Crippen LogP contribution in [0.25, 0.3) is 0 Å². The lowest BCUT2D eigenvalue weighted by atomic mass is 10.0. The van der Waals surface area contributed by atoms with E-state index in [0.717, 1.165) is 25.7 Å². The lowest BCUT2D eigenvalue weighted by Crippen LogP contribution is -2.27. The standard InChI is InChI=1S/C40H76O4/c1-3-5-7-9-11-13-15-17-19-20-21-23-25-27-29-31-33-35-40(42)44-39(37-41)38-43-36-34-32-30-28-26-24-22-18-16-14-12-10-8-6-4-2/h10,12,16,18,39,41H,3-9,11,13-15,17,19-38H2,1-2H3/b12-10-,18-16-. The van der Waals surface area contributed by atoms with E-state index in [1.807, 2.05) is 0 Å². The Morgan fingerprint density at radius 1 is 0.545 bits per heavy atom. The first-order valence-electron chi connectivity index (χ1n) is 19.4. The molecule has 4 heteroatoms. The van der Waals surface area contributed by atoms with E-state index in [9.17, 15) is 9.90 Å². The molecule has 1 unspecified atom stereocenters. The quantitative estimate of drug-likeness (QED) is 0.0430. The van der Waals surface area contributed by atoms with Gasteiger partial charge in [0, 0.05) is 13.0 Å². The zero-order valence-electron chi connectivity index (χ0n) is 29.7. The first-order chi connectivity index (χ1) is 21.7. The van der Waals surface area contributed by atoms with Gasteiger partial charge in [0.25, 0.3) is 0 Å². The van der Waals surface area contributed by atoms with Gasteiger partial charge in [0.2, 0.25) is 0 Å². The summed E-state index contributed by atoms with van der Waals surface area (Å²) in [6.07, 6.45) is 45.0. The molecule has 0 spiro atoms. The minimum atomic E-state index is -0.534. The van der Waals surface area contributed by atoms with Crippen molar-refractivity contribution in [1.82, 2.24) is 0 Å². The fourth-order valence-corrected chi connectivity index (χ4v) is 5.58. The number of aliphatic hydroxyl groups is 1. The zero-order chi connectivity index (χ0) is 32.0. The van der Waals surface area contributed by atoms with Crippen LogP contribution in [0.4, 0.5) is 0 Å². The monoisotopic (exact) mass is 621 g/mol. The first kappa shape index (κ1) is 42.9. The van der Waals surface area contributed by atoms with E-state index in [2.05, 4.69) is 38.2 Å². The summed E-state index contributed by atoms with van der Waals surface area (Å²) in [4.78, 5) is 12.2. The maximum atomic E-state index is 12.2. The van der Waals surface area contributed by atoms with Gasteiger partial charge in [-0.3, -0.25) is 4.79 Å². The molecule has 0 saturated carbocycles. The third kappa shape index (κ3) is 35.4. The van der Waals surface area contributed by atoms with Crippen molar-refractivity contribution in [3.63, 3.8) is 0 Å². The van der Waals surface area contributed by atoms with Crippen LogP contribution in [0.2, 0.25) is 0 Å². The molecule has 0 aromatic rings. The van der Waals surface area contributed by atoms with Gasteiger partial charge in [-0.05, 0) is 38.5 Å². The summed E-state index contributed by atoms with van der Waals surface area (Å²) in [6.45, 7) is 5.31. The van der Waals surface area contributed by atoms with E-state index < -0.39 is 6.10 Å². The van der Waals surface area contributed by atoms with Gasteiger partial charge in [-0.1, -0.05) is 179 Å². The number of allylic oxidation sites excluding steroid dienone is 4. The fourth-order valence-electron chi connectivity index (χ4n) is 5.58. The summed E-state index contributed by atoms with van der Waals surface area (Å²) < 4.78 is 11.1. The molecule has 0 saturated heterocycles. The van der Waals surface area contributed by atoms with Gasteiger partial charge in [0.15, 0.2) is 0 Å². The second kappa shape index (κ2) is 38.1. The van der Waals surface area contributed by atoms with Gasteiger partial charge in [-0.25, -0.2) is 0 Å². The summed E-state index contributed by atoms with van der Waals surface area (Å²) >= 11 is 0. The van der Waals surface area contributed by atoms with Crippen LogP contribution in [-0.4, -0.2) is 37.0 Å². The Morgan fingerprint density at radius 2 is 0.977 bits per heavy atom. The van der Waals surface area contributed by atoms with Crippen LogP contribution in [0.15, 0.2) is 24.3 Å². The molecule has 0 aliphatic rings. The van der Waals surface area contributed by atoms with Crippen LogP contribution in [0.1, 0.15) is 200 Å². The average molecular weight is 621 g/mol. The number of hydrogen-bond donors (Lipinski definition) is 1. The third-order valence-electron chi connectivity index (χ3n) is 8.53. The zero-order valence-corrected chi connectivity index (χ0v) is 29.7. The van der Waals surface area contributed by atoms with Crippen molar-refractivity contribution in [2.45, 2.75) is 206 Å². The average Bonchev–Trinajstić information content (AvgIpc) is 3.03. The van der Waals surface area contributed by atoms with E-state index in [4.69, 9.17) is 9.47 Å². The molecule has 4 nitrogen and oxygen atoms in total. The topological polar surface area (TPSA) is 55.8 Å². The summed E-state index contributed by atoms with van der Waals surface area (Å²) in [6, 6.07) is 0. The Morgan fingerprint density at radius 3 is 1.48 bits per heavy atom. The molecule has 0 aromatic heterocycles. The largest absolute Gasteiger partial charge is 0.457 e. The number of ether oxygens (including phenoxy) is 2. The molecule has 0 aliphatic heterocycles. The van der Waals surface area contributed by atoms with Crippen molar-refractivity contribution in [3.8, 4) is 0 Å². The van der Waals surface area contributed by atoms with E-state index in [-0.39, 0.29) is 12.6 Å². The first-order valence-corrected chi connectivity index (χ1v) is 19.4. The van der Waals surface area contributed by atoms with Crippen molar-refractivity contribution in [2.75, 3.05) is 19.8 Å². The predicted octanol–water partition coefficient (Wildman–Crippen LogP) is 12.4.